The number of amides is 1. The molecule has 0 saturated heterocycles. The van der Waals surface area contributed by atoms with Crippen molar-refractivity contribution >= 4 is 28.9 Å². The lowest BCUT2D eigenvalue weighted by Gasteiger charge is -2.31. The number of para-hydroxylation sites is 1. The molecular formula is C23H21ClN4O3. The fourth-order valence-electron chi connectivity index (χ4n) is 3.37. The maximum atomic E-state index is 12.9. The molecule has 2 heterocycles. The van der Waals surface area contributed by atoms with Gasteiger partial charge in [0, 0.05) is 30.7 Å². The van der Waals surface area contributed by atoms with Gasteiger partial charge in [-0.2, -0.15) is 0 Å². The molecule has 3 aromatic rings. The number of nitrogens with zero attached hydrogens (tertiary/aromatic N) is 3. The molecule has 0 spiro atoms. The fraction of sp³-hybridized carbons (Fsp3) is 0.130. The summed E-state index contributed by atoms with van der Waals surface area (Å²) in [5, 5.41) is 17.5. The van der Waals surface area contributed by atoms with E-state index in [4.69, 9.17) is 16.3 Å². The second-order valence-corrected chi connectivity index (χ2v) is 7.36. The molecule has 1 atom stereocenters. The fourth-order valence-corrected chi connectivity index (χ4v) is 3.54. The van der Waals surface area contributed by atoms with Crippen LogP contribution in [-0.2, 0) is 4.79 Å². The van der Waals surface area contributed by atoms with Crippen molar-refractivity contribution in [3.05, 3.63) is 89.4 Å². The quantitative estimate of drug-likeness (QED) is 0.576. The Morgan fingerprint density at radius 2 is 1.81 bits per heavy atom. The van der Waals surface area contributed by atoms with Crippen LogP contribution in [0.1, 0.15) is 6.92 Å². The largest absolute Gasteiger partial charge is 0.457 e. The number of carbonyl (C=O) groups is 1. The monoisotopic (exact) mass is 436 g/mol. The van der Waals surface area contributed by atoms with Gasteiger partial charge in [0.15, 0.2) is 6.23 Å². The zero-order valence-electron chi connectivity index (χ0n) is 17.0. The molecule has 8 heteroatoms. The summed E-state index contributed by atoms with van der Waals surface area (Å²) in [6, 6.07) is 19.7. The minimum Gasteiger partial charge on any atom is -0.457 e. The first-order valence-corrected chi connectivity index (χ1v) is 9.99. The van der Waals surface area contributed by atoms with E-state index in [1.807, 2.05) is 37.4 Å². The lowest BCUT2D eigenvalue weighted by Crippen LogP contribution is -2.41. The third kappa shape index (κ3) is 4.33. The van der Waals surface area contributed by atoms with E-state index in [1.54, 1.807) is 59.5 Å². The van der Waals surface area contributed by atoms with Gasteiger partial charge in [-0.05, 0) is 49.4 Å². The first-order chi connectivity index (χ1) is 14.9. The summed E-state index contributed by atoms with van der Waals surface area (Å²) in [5.41, 5.74) is 2.33. The highest BCUT2D eigenvalue weighted by Crippen LogP contribution is 2.32. The van der Waals surface area contributed by atoms with Gasteiger partial charge in [-0.25, -0.2) is 4.98 Å². The molecule has 1 aliphatic rings. The molecule has 0 aliphatic carbocycles. The number of aliphatic hydroxyl groups excluding tert-OH is 1. The van der Waals surface area contributed by atoms with Crippen molar-refractivity contribution in [1.29, 1.82) is 0 Å². The highest BCUT2D eigenvalue weighted by molar-refractivity contribution is 6.29. The summed E-state index contributed by atoms with van der Waals surface area (Å²) >= 11 is 5.87. The van der Waals surface area contributed by atoms with E-state index < -0.39 is 6.23 Å². The highest BCUT2D eigenvalue weighted by atomic mass is 35.5. The molecule has 0 saturated carbocycles. The van der Waals surface area contributed by atoms with Gasteiger partial charge in [0.05, 0.1) is 11.3 Å². The topological polar surface area (TPSA) is 77.9 Å². The lowest BCUT2D eigenvalue weighted by atomic mass is 10.1. The molecule has 2 aromatic carbocycles. The number of allylic oxidation sites excluding steroid dienone is 1. The van der Waals surface area contributed by atoms with E-state index in [0.717, 1.165) is 5.69 Å². The summed E-state index contributed by atoms with van der Waals surface area (Å²) in [4.78, 5) is 16.9. The first kappa shape index (κ1) is 20.7. The Morgan fingerprint density at radius 3 is 2.48 bits per heavy atom. The molecule has 1 aromatic heterocycles. The molecule has 4 rings (SSSR count). The summed E-state index contributed by atoms with van der Waals surface area (Å²) in [5.74, 6) is 0.784. The van der Waals surface area contributed by atoms with Gasteiger partial charge in [-0.15, -0.1) is 0 Å². The van der Waals surface area contributed by atoms with Crippen LogP contribution in [0, 0.1) is 0 Å². The number of aromatic nitrogens is 1. The predicted octanol–water partition coefficient (Wildman–Crippen LogP) is 4.43. The Bertz CT molecular complexity index is 1120. The molecule has 158 valence electrons. The molecule has 31 heavy (non-hydrogen) atoms. The summed E-state index contributed by atoms with van der Waals surface area (Å²) in [6.45, 7) is 1.80. The number of hydrazine groups is 1. The molecule has 7 nitrogen and oxygen atoms in total. The molecule has 0 fully saturated rings. The van der Waals surface area contributed by atoms with Crippen LogP contribution in [0.2, 0.25) is 5.15 Å². The van der Waals surface area contributed by atoms with Gasteiger partial charge in [-0.1, -0.05) is 29.8 Å². The SMILES string of the molecule is CC1=C(C(=O)Nc2ccc(Oc3ccnc(Cl)c3)cc2)C(O)N(c2ccccc2)N1C. The predicted molar refractivity (Wildman–Crippen MR) is 120 cm³/mol. The molecule has 0 radical (unpaired) electrons. The van der Waals surface area contributed by atoms with Gasteiger partial charge < -0.3 is 15.2 Å². The van der Waals surface area contributed by atoms with E-state index in [9.17, 15) is 9.90 Å². The van der Waals surface area contributed by atoms with Crippen molar-refractivity contribution < 1.29 is 14.6 Å². The first-order valence-electron chi connectivity index (χ1n) is 9.61. The minimum atomic E-state index is -1.09. The maximum Gasteiger partial charge on any atom is 0.258 e. The van der Waals surface area contributed by atoms with Crippen LogP contribution >= 0.6 is 11.6 Å². The molecule has 2 N–H and O–H groups in total. The van der Waals surface area contributed by atoms with Crippen molar-refractivity contribution in [2.75, 3.05) is 17.4 Å². The zero-order chi connectivity index (χ0) is 22.0. The van der Waals surface area contributed by atoms with Crippen molar-refractivity contribution in [3.63, 3.8) is 0 Å². The molecule has 1 aliphatic heterocycles. The Hall–Kier alpha value is -3.55. The van der Waals surface area contributed by atoms with Crippen LogP contribution in [0.3, 0.4) is 0 Å². The van der Waals surface area contributed by atoms with Crippen LogP contribution in [-0.4, -0.2) is 34.3 Å². The Kier molecular flexibility index (Phi) is 5.79. The Balaban J connectivity index is 1.46. The van der Waals surface area contributed by atoms with Crippen molar-refractivity contribution in [1.82, 2.24) is 9.99 Å². The van der Waals surface area contributed by atoms with E-state index in [-0.39, 0.29) is 11.5 Å². The second-order valence-electron chi connectivity index (χ2n) is 6.97. The highest BCUT2D eigenvalue weighted by Gasteiger charge is 2.37. The number of nitrogens with one attached hydrogen (secondary N) is 1. The van der Waals surface area contributed by atoms with E-state index >= 15 is 0 Å². The van der Waals surface area contributed by atoms with Crippen LogP contribution in [0.25, 0.3) is 0 Å². The molecule has 0 bridgehead atoms. The molecule has 1 amide bonds. The summed E-state index contributed by atoms with van der Waals surface area (Å²) < 4.78 is 5.73. The van der Waals surface area contributed by atoms with Crippen LogP contribution in [0.5, 0.6) is 11.5 Å². The number of benzene rings is 2. The Morgan fingerprint density at radius 1 is 1.10 bits per heavy atom. The van der Waals surface area contributed by atoms with Crippen molar-refractivity contribution in [2.45, 2.75) is 13.2 Å². The maximum absolute atomic E-state index is 12.9. The van der Waals surface area contributed by atoms with Crippen LogP contribution < -0.4 is 15.1 Å². The van der Waals surface area contributed by atoms with E-state index in [1.165, 1.54) is 0 Å². The summed E-state index contributed by atoms with van der Waals surface area (Å²) in [6.07, 6.45) is 0.469. The van der Waals surface area contributed by atoms with Gasteiger partial charge in [0.25, 0.3) is 5.91 Å². The third-order valence-electron chi connectivity index (χ3n) is 5.00. The normalized spacial score (nSPS) is 15.9. The molecular weight excluding hydrogens is 416 g/mol. The van der Waals surface area contributed by atoms with Gasteiger partial charge in [-0.3, -0.25) is 14.8 Å². The number of hydrogen-bond acceptors (Lipinski definition) is 6. The second kappa shape index (κ2) is 8.67. The number of halogens is 1. The Labute approximate surface area is 185 Å². The van der Waals surface area contributed by atoms with Gasteiger partial charge >= 0.3 is 0 Å². The minimum absolute atomic E-state index is 0.290. The van der Waals surface area contributed by atoms with Gasteiger partial charge in [0.2, 0.25) is 0 Å². The van der Waals surface area contributed by atoms with E-state index in [0.29, 0.717) is 28.0 Å². The number of aliphatic hydroxyl groups is 1. The lowest BCUT2D eigenvalue weighted by molar-refractivity contribution is -0.113. The number of ether oxygens (including phenoxy) is 1. The smallest absolute Gasteiger partial charge is 0.258 e. The van der Waals surface area contributed by atoms with E-state index in [2.05, 4.69) is 10.3 Å². The van der Waals surface area contributed by atoms with Crippen LogP contribution in [0.15, 0.2) is 84.2 Å². The third-order valence-corrected chi connectivity index (χ3v) is 5.21. The number of rotatable bonds is 5. The number of hydrogen-bond donors (Lipinski definition) is 2. The van der Waals surface area contributed by atoms with Crippen molar-refractivity contribution in [2.24, 2.45) is 0 Å². The van der Waals surface area contributed by atoms with Crippen molar-refractivity contribution in [3.8, 4) is 11.5 Å². The molecule has 1 unspecified atom stereocenters. The number of pyridine rings is 1. The summed E-state index contributed by atoms with van der Waals surface area (Å²) in [7, 11) is 1.81. The van der Waals surface area contributed by atoms with Crippen LogP contribution in [0.4, 0.5) is 11.4 Å². The zero-order valence-corrected chi connectivity index (χ0v) is 17.7. The number of carbonyl (C=O) groups excluding carboxylic acids is 1. The average molecular weight is 437 g/mol. The number of anilines is 2. The standard InChI is InChI=1S/C23H21ClN4O3/c1-15-21(23(30)28(27(15)2)17-6-4-3-5-7-17)22(29)26-16-8-10-18(11-9-16)31-19-12-13-25-20(24)14-19/h3-14,23,30H,1-2H3,(H,26,29). The average Bonchev–Trinajstić information content (AvgIpc) is 2.98. The van der Waals surface area contributed by atoms with Gasteiger partial charge in [0.1, 0.15) is 16.7 Å².